The first-order valence-corrected chi connectivity index (χ1v) is 10.3. The van der Waals surface area contributed by atoms with Crippen molar-refractivity contribution in [2.75, 3.05) is 11.9 Å². The molecular weight excluding hydrogens is 322 g/mol. The van der Waals surface area contributed by atoms with Crippen LogP contribution >= 0.6 is 0 Å². The molecule has 0 atom stereocenters. The van der Waals surface area contributed by atoms with Gasteiger partial charge in [0.25, 0.3) is 5.91 Å². The van der Waals surface area contributed by atoms with Crippen LogP contribution < -0.4 is 10.6 Å². The van der Waals surface area contributed by atoms with Crippen LogP contribution in [0.1, 0.15) is 63.6 Å². The maximum Gasteiger partial charge on any atom is 0.279 e. The van der Waals surface area contributed by atoms with Crippen molar-refractivity contribution in [1.82, 2.24) is 4.98 Å². The van der Waals surface area contributed by atoms with Gasteiger partial charge in [0.15, 0.2) is 6.54 Å². The Morgan fingerprint density at radius 2 is 1.96 bits per heavy atom. The number of nitrogens with zero attached hydrogens (tertiary/aromatic N) is 1. The van der Waals surface area contributed by atoms with Gasteiger partial charge in [0, 0.05) is 11.1 Å². The van der Waals surface area contributed by atoms with Gasteiger partial charge in [-0.3, -0.25) is 9.78 Å². The lowest BCUT2D eigenvalue weighted by atomic mass is 9.95. The van der Waals surface area contributed by atoms with Crippen LogP contribution in [0.2, 0.25) is 0 Å². The van der Waals surface area contributed by atoms with Gasteiger partial charge in [0.1, 0.15) is 0 Å². The quantitative estimate of drug-likeness (QED) is 0.798. The number of hydrogen-bond acceptors (Lipinski definition) is 2. The van der Waals surface area contributed by atoms with Crippen molar-refractivity contribution >= 4 is 22.5 Å². The summed E-state index contributed by atoms with van der Waals surface area (Å²) in [4.78, 5) is 17.5. The summed E-state index contributed by atoms with van der Waals surface area (Å²) >= 11 is 0. The van der Waals surface area contributed by atoms with Gasteiger partial charge in [-0.25, -0.2) is 0 Å². The van der Waals surface area contributed by atoms with Gasteiger partial charge in [0.2, 0.25) is 0 Å². The number of amides is 1. The molecule has 0 spiro atoms. The number of anilines is 1. The topological polar surface area (TPSA) is 58.6 Å². The Bertz CT molecular complexity index is 750. The molecule has 0 unspecified atom stereocenters. The van der Waals surface area contributed by atoms with E-state index >= 15 is 0 Å². The van der Waals surface area contributed by atoms with Gasteiger partial charge < -0.3 is 10.6 Å². The molecule has 1 amide bonds. The van der Waals surface area contributed by atoms with E-state index in [0.717, 1.165) is 41.5 Å². The van der Waals surface area contributed by atoms with Gasteiger partial charge in [-0.15, -0.1) is 0 Å². The van der Waals surface area contributed by atoms with Crippen LogP contribution in [0.5, 0.6) is 0 Å². The van der Waals surface area contributed by atoms with E-state index in [1.54, 1.807) is 0 Å². The van der Waals surface area contributed by atoms with Crippen molar-refractivity contribution in [3.8, 4) is 0 Å². The molecule has 1 fully saturated rings. The summed E-state index contributed by atoms with van der Waals surface area (Å²) in [7, 11) is 0. The van der Waals surface area contributed by atoms with Crippen LogP contribution in [0, 0.1) is 0 Å². The van der Waals surface area contributed by atoms with E-state index < -0.39 is 0 Å². The average molecular weight is 355 g/mol. The lowest BCUT2D eigenvalue weighted by molar-refractivity contribution is -0.681. The standard InChI is InChI=1S/C22H31N3O/c1-3-10-19-17(4-2)22(18-13-8-9-14-20(18)24-19)25-21(26)15-23-16-11-6-5-7-12-16/h8-9,13-14,16,23H,3-7,10-12,15H2,1-2H3,(H,24,25,26)/p+1. The van der Waals surface area contributed by atoms with E-state index in [1.165, 1.54) is 37.7 Å². The number of aromatic nitrogens is 1. The Morgan fingerprint density at radius 1 is 1.19 bits per heavy atom. The predicted octanol–water partition coefficient (Wildman–Crippen LogP) is 3.58. The predicted molar refractivity (Wildman–Crippen MR) is 107 cm³/mol. The van der Waals surface area contributed by atoms with E-state index in [-0.39, 0.29) is 5.91 Å². The Morgan fingerprint density at radius 3 is 2.69 bits per heavy atom. The molecule has 4 nitrogen and oxygen atoms in total. The third kappa shape index (κ3) is 4.42. The lowest BCUT2D eigenvalue weighted by Gasteiger charge is -2.20. The molecule has 1 aromatic heterocycles. The number of nitrogens with one attached hydrogen (secondary N) is 1. The van der Waals surface area contributed by atoms with Gasteiger partial charge in [0.05, 0.1) is 17.2 Å². The largest absolute Gasteiger partial charge is 0.336 e. The van der Waals surface area contributed by atoms with Crippen molar-refractivity contribution < 1.29 is 10.1 Å². The van der Waals surface area contributed by atoms with E-state index in [0.29, 0.717) is 12.6 Å². The fraction of sp³-hybridized carbons (Fsp3) is 0.545. The van der Waals surface area contributed by atoms with Crippen LogP contribution in [0.4, 0.5) is 5.69 Å². The number of carbonyl (C=O) groups is 1. The molecule has 26 heavy (non-hydrogen) atoms. The van der Waals surface area contributed by atoms with Crippen LogP contribution in [-0.2, 0) is 17.6 Å². The minimum absolute atomic E-state index is 0.101. The zero-order valence-corrected chi connectivity index (χ0v) is 16.2. The normalized spacial score (nSPS) is 15.3. The van der Waals surface area contributed by atoms with Crippen molar-refractivity contribution in [2.45, 2.75) is 71.3 Å². The molecule has 0 bridgehead atoms. The van der Waals surface area contributed by atoms with Crippen molar-refractivity contribution in [3.63, 3.8) is 0 Å². The van der Waals surface area contributed by atoms with E-state index in [4.69, 9.17) is 4.98 Å². The van der Waals surface area contributed by atoms with Gasteiger partial charge in [-0.1, -0.05) is 44.9 Å². The minimum Gasteiger partial charge on any atom is -0.336 e. The van der Waals surface area contributed by atoms with Crippen molar-refractivity contribution in [1.29, 1.82) is 0 Å². The summed E-state index contributed by atoms with van der Waals surface area (Å²) in [6, 6.07) is 8.76. The molecule has 0 radical (unpaired) electrons. The molecule has 0 aliphatic heterocycles. The highest BCUT2D eigenvalue weighted by atomic mass is 16.1. The zero-order chi connectivity index (χ0) is 18.4. The number of hydrogen-bond donors (Lipinski definition) is 2. The van der Waals surface area contributed by atoms with Gasteiger partial charge in [-0.05, 0) is 50.2 Å². The fourth-order valence-electron chi connectivity index (χ4n) is 4.10. The molecule has 0 saturated heterocycles. The first-order valence-electron chi connectivity index (χ1n) is 10.3. The summed E-state index contributed by atoms with van der Waals surface area (Å²) in [5.74, 6) is 0.101. The highest BCUT2D eigenvalue weighted by Gasteiger charge is 2.19. The Kier molecular flexibility index (Phi) is 6.62. The zero-order valence-electron chi connectivity index (χ0n) is 16.2. The number of nitrogens with two attached hydrogens (primary N) is 1. The number of rotatable bonds is 7. The summed E-state index contributed by atoms with van der Waals surface area (Å²) in [5, 5.41) is 6.52. The summed E-state index contributed by atoms with van der Waals surface area (Å²) in [6.07, 6.45) is 9.33. The van der Waals surface area contributed by atoms with Crippen LogP contribution in [0.25, 0.3) is 10.9 Å². The molecule has 4 heteroatoms. The molecule has 3 rings (SSSR count). The number of aryl methyl sites for hydroxylation is 1. The summed E-state index contributed by atoms with van der Waals surface area (Å²) in [5.41, 5.74) is 4.26. The molecule has 3 N–H and O–H groups in total. The average Bonchev–Trinajstić information content (AvgIpc) is 2.67. The number of fused-ring (bicyclic) bond motifs is 1. The number of para-hydroxylation sites is 1. The highest BCUT2D eigenvalue weighted by molar-refractivity contribution is 6.02. The first kappa shape index (κ1) is 18.8. The van der Waals surface area contributed by atoms with Crippen molar-refractivity contribution in [2.24, 2.45) is 0 Å². The molecule has 1 aliphatic rings. The second-order valence-corrected chi connectivity index (χ2v) is 7.42. The van der Waals surface area contributed by atoms with Crippen LogP contribution in [0.3, 0.4) is 0 Å². The number of quaternary nitrogens is 1. The molecule has 1 saturated carbocycles. The summed E-state index contributed by atoms with van der Waals surface area (Å²) in [6.45, 7) is 4.83. The number of pyridine rings is 1. The summed E-state index contributed by atoms with van der Waals surface area (Å²) < 4.78 is 0. The number of carbonyl (C=O) groups excluding carboxylic acids is 1. The molecule has 1 aliphatic carbocycles. The Balaban J connectivity index is 1.81. The lowest BCUT2D eigenvalue weighted by Crippen LogP contribution is -2.91. The Labute approximate surface area is 156 Å². The second-order valence-electron chi connectivity index (χ2n) is 7.42. The molecule has 1 aromatic carbocycles. The third-order valence-corrected chi connectivity index (χ3v) is 5.47. The molecular formula is C22H32N3O+. The maximum absolute atomic E-state index is 12.7. The molecule has 1 heterocycles. The van der Waals surface area contributed by atoms with Crippen molar-refractivity contribution in [3.05, 3.63) is 35.5 Å². The first-order chi connectivity index (χ1) is 12.7. The molecule has 140 valence electrons. The SMILES string of the molecule is CCCc1nc2ccccc2c(NC(=O)C[NH2+]C2CCCCC2)c1CC. The third-order valence-electron chi connectivity index (χ3n) is 5.47. The Hall–Kier alpha value is -1.94. The highest BCUT2D eigenvalue weighted by Crippen LogP contribution is 2.29. The maximum atomic E-state index is 12.7. The van der Waals surface area contributed by atoms with Crippen LogP contribution in [-0.4, -0.2) is 23.5 Å². The van der Waals surface area contributed by atoms with E-state index in [9.17, 15) is 4.79 Å². The molecule has 2 aromatic rings. The van der Waals surface area contributed by atoms with Gasteiger partial charge in [-0.2, -0.15) is 0 Å². The fourth-order valence-corrected chi connectivity index (χ4v) is 4.10. The van der Waals surface area contributed by atoms with E-state index in [1.807, 2.05) is 18.2 Å². The number of benzene rings is 1. The second kappa shape index (κ2) is 9.13. The van der Waals surface area contributed by atoms with Gasteiger partial charge >= 0.3 is 0 Å². The smallest absolute Gasteiger partial charge is 0.279 e. The van der Waals surface area contributed by atoms with Crippen LogP contribution in [0.15, 0.2) is 24.3 Å². The minimum atomic E-state index is 0.101. The van der Waals surface area contributed by atoms with E-state index in [2.05, 4.69) is 30.5 Å². The monoisotopic (exact) mass is 354 g/mol.